The van der Waals surface area contributed by atoms with Crippen LogP contribution in [0, 0.1) is 11.8 Å². The van der Waals surface area contributed by atoms with E-state index in [2.05, 4.69) is 36.9 Å². The third-order valence-corrected chi connectivity index (χ3v) is 18.6. The highest BCUT2D eigenvalue weighted by atomic mass is 16.6. The number of H-pyrrole nitrogens is 1. The molecular weight excluding hydrogens is 1150 g/mol. The van der Waals surface area contributed by atoms with Crippen LogP contribution in [0.15, 0.2) is 70.5 Å². The molecule has 90 heavy (non-hydrogen) atoms. The number of rotatable bonds is 21. The molecule has 23 heteroatoms. The number of hydrogen-bond donors (Lipinski definition) is 9. The smallest absolute Gasteiger partial charge is 0.248 e. The van der Waals surface area contributed by atoms with E-state index in [1.54, 1.807) is 58.3 Å². The van der Waals surface area contributed by atoms with Crippen LogP contribution in [0.2, 0.25) is 0 Å². The first-order valence-electron chi connectivity index (χ1n) is 32.8. The normalized spacial score (nSPS) is 24.5. The van der Waals surface area contributed by atoms with Gasteiger partial charge in [0.2, 0.25) is 47.3 Å². The Labute approximate surface area is 526 Å². The molecule has 4 aliphatic heterocycles. The van der Waals surface area contributed by atoms with Crippen LogP contribution in [0.25, 0.3) is 21.8 Å². The van der Waals surface area contributed by atoms with Gasteiger partial charge in [-0.25, -0.2) is 0 Å². The zero-order chi connectivity index (χ0) is 65.2. The average molecular weight is 1250 g/mol. The molecule has 0 radical (unpaired) electrons. The summed E-state index contributed by atoms with van der Waals surface area (Å²) in [5, 5.41) is 37.5. The Bertz CT molecular complexity index is 3280. The van der Waals surface area contributed by atoms with Crippen LogP contribution < -0.4 is 47.6 Å². The number of amides is 8. The van der Waals surface area contributed by atoms with Gasteiger partial charge in [-0.1, -0.05) is 117 Å². The van der Waals surface area contributed by atoms with Crippen molar-refractivity contribution in [3.63, 3.8) is 0 Å². The Morgan fingerprint density at radius 2 is 0.967 bits per heavy atom. The molecule has 23 nitrogen and oxygen atoms in total. The largest absolute Gasteiger partial charge is 0.417 e. The quantitative estimate of drug-likeness (QED) is 0.0487. The number of piperidine rings is 2. The number of aromatic nitrogens is 2. The molecule has 6 heterocycles. The van der Waals surface area contributed by atoms with Gasteiger partial charge in [-0.15, -0.1) is 0 Å². The summed E-state index contributed by atoms with van der Waals surface area (Å²) in [4.78, 5) is 151. The molecular formula is C67H96N10O13. The van der Waals surface area contributed by atoms with Crippen LogP contribution in [0.1, 0.15) is 193 Å². The Morgan fingerprint density at radius 3 is 1.44 bits per heavy atom. The lowest BCUT2D eigenvalue weighted by Crippen LogP contribution is -2.63. The highest BCUT2D eigenvalue weighted by Crippen LogP contribution is 2.27. The summed E-state index contributed by atoms with van der Waals surface area (Å²) in [5.74, 6) is -4.58. The van der Waals surface area contributed by atoms with Gasteiger partial charge in [-0.05, 0) is 113 Å². The van der Waals surface area contributed by atoms with E-state index in [-0.39, 0.29) is 53.4 Å². The van der Waals surface area contributed by atoms with Crippen molar-refractivity contribution in [3.05, 3.63) is 92.5 Å². The van der Waals surface area contributed by atoms with Gasteiger partial charge in [-0.2, -0.15) is 4.73 Å². The van der Waals surface area contributed by atoms with Gasteiger partial charge in [0.1, 0.15) is 55.4 Å². The molecule has 0 saturated carbocycles. The third kappa shape index (κ3) is 17.2. The van der Waals surface area contributed by atoms with Crippen LogP contribution in [-0.2, 0) is 38.4 Å². The van der Waals surface area contributed by atoms with Crippen LogP contribution in [-0.4, -0.2) is 146 Å². The molecule has 9 N–H and O–H groups in total. The van der Waals surface area contributed by atoms with Gasteiger partial charge < -0.3 is 61.7 Å². The zero-order valence-electron chi connectivity index (χ0n) is 53.5. The lowest BCUT2D eigenvalue weighted by atomic mass is 9.93. The first kappa shape index (κ1) is 69.8. The number of aliphatic hydroxyl groups is 2. The highest BCUT2D eigenvalue weighted by Gasteiger charge is 2.44. The van der Waals surface area contributed by atoms with Gasteiger partial charge in [-0.3, -0.25) is 47.9 Å². The standard InChI is InChI=1S/C34H49N5O7.C33H47N5O6/c1-5-21(3)28-34(45)38-19-13-12-18-27(38)32(43)35-25(16-9-7-8-14-22(40)6-2)31(42)37-29(33(44)36-28)24-20-39(46-4)26-17-11-10-15-23(26)30(24)41;1-4-20(3)27-33(44)38-18-12-11-17-26(38)31(42)35-25(16-8-6-7-13-21(39)5-2)30(41)37-28(32(43)36-27)23-19-34-24-15-10-9-14-22(24)29(23)40/h10-11,15,17,20-22,25,27-29,40H,5-9,12-14,16,18-19H2,1-4H3,(H,35,43)(H,36,44)(H,37,42);9-10,14-15,19-21,25-28,39H,4-8,11-13,16-18H2,1-3H3,(H,34,40)(H,35,42)(H,36,43)(H,37,41)/t21?,22?,25-,27+,28-,29?;20?,21?,25-,26+,27-,28?/m00/s1. The molecule has 4 aromatic rings. The number of pyridine rings is 2. The second-order valence-electron chi connectivity index (χ2n) is 24.8. The van der Waals surface area contributed by atoms with Crippen molar-refractivity contribution < 1.29 is 53.4 Å². The number of unbranched alkanes of at least 4 members (excludes halogenated alkanes) is 4. The minimum absolute atomic E-state index is 0.0340. The van der Waals surface area contributed by atoms with Gasteiger partial charge in [0.25, 0.3) is 0 Å². The van der Waals surface area contributed by atoms with Crippen molar-refractivity contribution in [2.45, 2.75) is 231 Å². The van der Waals surface area contributed by atoms with E-state index < -0.39 is 94.6 Å². The van der Waals surface area contributed by atoms with E-state index in [1.807, 2.05) is 41.5 Å². The van der Waals surface area contributed by atoms with Crippen molar-refractivity contribution in [2.24, 2.45) is 11.8 Å². The van der Waals surface area contributed by atoms with E-state index >= 15 is 0 Å². The Balaban J connectivity index is 0.000000256. The topological polar surface area (TPSA) is 320 Å². The summed E-state index contributed by atoms with van der Waals surface area (Å²) in [5.41, 5.74) is 0.201. The van der Waals surface area contributed by atoms with E-state index in [0.717, 1.165) is 51.4 Å². The number of aliphatic hydroxyl groups excluding tert-OH is 2. The molecule has 4 aliphatic rings. The first-order valence-corrected chi connectivity index (χ1v) is 32.8. The first-order chi connectivity index (χ1) is 43.3. The molecule has 6 unspecified atom stereocenters. The molecule has 492 valence electrons. The number of nitrogens with one attached hydrogen (secondary N) is 7. The number of aromatic amines is 1. The van der Waals surface area contributed by atoms with E-state index in [0.29, 0.717) is 106 Å². The van der Waals surface area contributed by atoms with E-state index in [9.17, 15) is 58.2 Å². The van der Waals surface area contributed by atoms with Crippen molar-refractivity contribution >= 4 is 69.1 Å². The van der Waals surface area contributed by atoms with Crippen LogP contribution in [0.5, 0.6) is 0 Å². The molecule has 4 fully saturated rings. The van der Waals surface area contributed by atoms with Crippen molar-refractivity contribution in [3.8, 4) is 0 Å². The predicted octanol–water partition coefficient (Wildman–Crippen LogP) is 5.17. The van der Waals surface area contributed by atoms with Crippen molar-refractivity contribution in [1.82, 2.24) is 51.4 Å². The average Bonchev–Trinajstić information content (AvgIpc) is 0.966. The van der Waals surface area contributed by atoms with Crippen LogP contribution >= 0.6 is 0 Å². The van der Waals surface area contributed by atoms with E-state index in [4.69, 9.17) is 4.84 Å². The Morgan fingerprint density at radius 1 is 0.511 bits per heavy atom. The fraction of sp³-hybridized carbons (Fsp3) is 0.612. The maximum atomic E-state index is 14.2. The predicted molar refractivity (Wildman–Crippen MR) is 341 cm³/mol. The molecule has 2 aromatic carbocycles. The van der Waals surface area contributed by atoms with Crippen LogP contribution in [0.3, 0.4) is 0 Å². The third-order valence-electron chi connectivity index (χ3n) is 18.6. The fourth-order valence-electron chi connectivity index (χ4n) is 12.5. The summed E-state index contributed by atoms with van der Waals surface area (Å²) in [6.45, 7) is 12.1. The number of carbonyl (C=O) groups excluding carboxylic acids is 8. The molecule has 12 atom stereocenters. The number of para-hydroxylation sites is 2. The second-order valence-corrected chi connectivity index (χ2v) is 24.8. The van der Waals surface area contributed by atoms with Gasteiger partial charge in [0.05, 0.1) is 29.5 Å². The molecule has 0 aliphatic carbocycles. The SMILES string of the molecule is CCC(O)CCCCC[C@@H]1NC(=O)[C@H]2CCCCN2C(=O)[C@H](C(C)CC)NC(=O)C(c2c[nH]c3ccccc3c2=O)NC1=O.CCC(O)CCCCC[C@@H]1NC(=O)[C@H]2CCCCN2C(=O)[C@H](C(C)CC)NC(=O)C(c2cn(OC)c3ccccc3c2=O)NC1=O. The number of benzene rings is 2. The molecule has 0 spiro atoms. The molecule has 8 amide bonds. The Kier molecular flexibility index (Phi) is 25.9. The van der Waals surface area contributed by atoms with Crippen molar-refractivity contribution in [2.75, 3.05) is 20.2 Å². The molecule has 2 aromatic heterocycles. The number of hydrogen-bond acceptors (Lipinski definition) is 13. The van der Waals surface area contributed by atoms with E-state index in [1.165, 1.54) is 24.2 Å². The number of carbonyl (C=O) groups is 8. The lowest BCUT2D eigenvalue weighted by molar-refractivity contribution is -0.147. The maximum absolute atomic E-state index is 14.2. The molecule has 4 saturated heterocycles. The molecule has 0 bridgehead atoms. The van der Waals surface area contributed by atoms with Gasteiger partial charge >= 0.3 is 0 Å². The molecule has 8 rings (SSSR count). The summed E-state index contributed by atoms with van der Waals surface area (Å²) in [6, 6.07) is 5.43. The van der Waals surface area contributed by atoms with Gasteiger partial charge in [0, 0.05) is 41.1 Å². The van der Waals surface area contributed by atoms with Gasteiger partial charge in [0.15, 0.2) is 10.9 Å². The van der Waals surface area contributed by atoms with Crippen molar-refractivity contribution in [1.29, 1.82) is 0 Å². The second kappa shape index (κ2) is 33.4. The summed E-state index contributed by atoms with van der Waals surface area (Å²) in [6.07, 6.45) is 14.6. The van der Waals surface area contributed by atoms with Crippen LogP contribution in [0.4, 0.5) is 0 Å². The Hall–Kier alpha value is -7.66. The summed E-state index contributed by atoms with van der Waals surface area (Å²) >= 11 is 0. The summed E-state index contributed by atoms with van der Waals surface area (Å²) in [7, 11) is 1.43. The minimum Gasteiger partial charge on any atom is -0.417 e. The highest BCUT2D eigenvalue weighted by molar-refractivity contribution is 6.00. The zero-order valence-corrected chi connectivity index (χ0v) is 53.5. The summed E-state index contributed by atoms with van der Waals surface area (Å²) < 4.78 is 1.36. The maximum Gasteiger partial charge on any atom is 0.248 e. The monoisotopic (exact) mass is 1250 g/mol. The number of nitrogens with zero attached hydrogens (tertiary/aromatic N) is 3. The minimum atomic E-state index is -1.47. The lowest BCUT2D eigenvalue weighted by Gasteiger charge is -2.39. The fourth-order valence-corrected chi connectivity index (χ4v) is 12.5. The number of fused-ring (bicyclic) bond motifs is 4.